The lowest BCUT2D eigenvalue weighted by atomic mass is 9.98. The van der Waals surface area contributed by atoms with Crippen LogP contribution in [0.25, 0.3) is 11.2 Å². The van der Waals surface area contributed by atoms with Gasteiger partial charge in [0.25, 0.3) is 0 Å². The summed E-state index contributed by atoms with van der Waals surface area (Å²) < 4.78 is 2.02. The zero-order valence-corrected chi connectivity index (χ0v) is 13.5. The topological polar surface area (TPSA) is 88.4 Å². The van der Waals surface area contributed by atoms with Crippen molar-refractivity contribution in [1.29, 1.82) is 0 Å². The second-order valence-electron chi connectivity index (χ2n) is 6.89. The van der Waals surface area contributed by atoms with E-state index in [4.69, 9.17) is 0 Å². The van der Waals surface area contributed by atoms with E-state index in [0.29, 0.717) is 11.8 Å². The van der Waals surface area contributed by atoms with Gasteiger partial charge in [-0.2, -0.15) is 0 Å². The van der Waals surface area contributed by atoms with E-state index in [0.717, 1.165) is 48.7 Å². The van der Waals surface area contributed by atoms with Crippen molar-refractivity contribution in [3.05, 3.63) is 24.5 Å². The number of H-pyrrole nitrogens is 1. The number of nitrogens with one attached hydrogen (secondary N) is 1. The van der Waals surface area contributed by atoms with E-state index >= 15 is 0 Å². The van der Waals surface area contributed by atoms with Gasteiger partial charge in [-0.3, -0.25) is 4.68 Å². The monoisotopic (exact) mass is 324 g/mol. The smallest absolute Gasteiger partial charge is 0.182 e. The Morgan fingerprint density at radius 3 is 3.04 bits per heavy atom. The third-order valence-electron chi connectivity index (χ3n) is 5.02. The third-order valence-corrected chi connectivity index (χ3v) is 5.02. The Balaban J connectivity index is 1.33. The molecule has 0 spiro atoms. The largest absolute Gasteiger partial charge is 0.354 e. The molecule has 3 aromatic rings. The highest BCUT2D eigenvalue weighted by Crippen LogP contribution is 2.38. The predicted octanol–water partition coefficient (Wildman–Crippen LogP) is 1.74. The summed E-state index contributed by atoms with van der Waals surface area (Å²) in [7, 11) is 0. The normalized spacial score (nSPS) is 21.5. The van der Waals surface area contributed by atoms with Crippen LogP contribution in [0.3, 0.4) is 0 Å². The molecule has 24 heavy (non-hydrogen) atoms. The lowest BCUT2D eigenvalue weighted by Crippen LogP contribution is -2.37. The minimum absolute atomic E-state index is 0.556. The van der Waals surface area contributed by atoms with Crippen LogP contribution in [-0.2, 0) is 6.54 Å². The number of imidazole rings is 1. The molecular weight excluding hydrogens is 304 g/mol. The highest BCUT2D eigenvalue weighted by atomic mass is 15.4. The van der Waals surface area contributed by atoms with Gasteiger partial charge < -0.3 is 9.88 Å². The molecule has 1 aliphatic heterocycles. The van der Waals surface area contributed by atoms with Crippen molar-refractivity contribution >= 4 is 17.0 Å². The maximum atomic E-state index is 4.49. The summed E-state index contributed by atoms with van der Waals surface area (Å²) in [4.78, 5) is 18.4. The van der Waals surface area contributed by atoms with Crippen molar-refractivity contribution in [2.24, 2.45) is 5.92 Å². The number of hydrogen-bond acceptors (Lipinski definition) is 6. The van der Waals surface area contributed by atoms with Gasteiger partial charge in [0.2, 0.25) is 0 Å². The van der Waals surface area contributed by atoms with Gasteiger partial charge in [0, 0.05) is 31.7 Å². The highest BCUT2D eigenvalue weighted by molar-refractivity contribution is 5.82. The Morgan fingerprint density at radius 1 is 1.17 bits per heavy atom. The molecule has 2 fully saturated rings. The number of piperidine rings is 1. The van der Waals surface area contributed by atoms with Crippen LogP contribution in [0.5, 0.6) is 0 Å². The van der Waals surface area contributed by atoms with Gasteiger partial charge in [0.15, 0.2) is 11.5 Å². The summed E-state index contributed by atoms with van der Waals surface area (Å²) in [5.41, 5.74) is 2.82. The Morgan fingerprint density at radius 2 is 2.12 bits per heavy atom. The molecule has 3 aromatic heterocycles. The number of nitrogens with zero attached hydrogens (tertiary/aromatic N) is 7. The minimum Gasteiger partial charge on any atom is -0.354 e. The van der Waals surface area contributed by atoms with E-state index in [9.17, 15) is 0 Å². The molecule has 0 amide bonds. The Bertz CT molecular complexity index is 849. The Kier molecular flexibility index (Phi) is 3.20. The summed E-state index contributed by atoms with van der Waals surface area (Å²) in [5.74, 6) is 2.18. The van der Waals surface area contributed by atoms with Crippen LogP contribution in [-0.4, -0.2) is 48.0 Å². The van der Waals surface area contributed by atoms with Crippen LogP contribution in [0.4, 0.5) is 5.82 Å². The fourth-order valence-corrected chi connectivity index (χ4v) is 3.63. The molecule has 4 heterocycles. The summed E-state index contributed by atoms with van der Waals surface area (Å²) in [6, 6.07) is 0. The SMILES string of the molecule is c1nc(N2CCC[C@@H](Cn3cc(C4CC4)nn3)C2)c2[nH]cnc2n1. The minimum atomic E-state index is 0.556. The molecule has 1 aliphatic carbocycles. The van der Waals surface area contributed by atoms with E-state index in [1.54, 1.807) is 12.7 Å². The first-order valence-electron chi connectivity index (χ1n) is 8.66. The molecule has 8 heteroatoms. The van der Waals surface area contributed by atoms with Crippen LogP contribution >= 0.6 is 0 Å². The highest BCUT2D eigenvalue weighted by Gasteiger charge is 2.28. The van der Waals surface area contributed by atoms with Crippen LogP contribution in [0.2, 0.25) is 0 Å². The molecule has 0 aromatic carbocycles. The average molecular weight is 324 g/mol. The van der Waals surface area contributed by atoms with E-state index in [1.807, 2.05) is 4.68 Å². The Hall–Kier alpha value is -2.51. The quantitative estimate of drug-likeness (QED) is 0.786. The fourth-order valence-electron chi connectivity index (χ4n) is 3.63. The first kappa shape index (κ1) is 13.9. The standard InChI is InChI=1S/C16H20N8/c1-2-11(7-24-8-13(21-22-24)12-3-4-12)6-23(5-1)16-14-15(18-9-17-14)19-10-20-16/h8-12H,1-7H2,(H,17,18,19,20)/t11-/m1/s1. The molecule has 124 valence electrons. The third kappa shape index (κ3) is 2.51. The van der Waals surface area contributed by atoms with Crippen molar-refractivity contribution < 1.29 is 0 Å². The molecule has 5 rings (SSSR count). The van der Waals surface area contributed by atoms with E-state index in [-0.39, 0.29) is 0 Å². The molecular formula is C16H20N8. The van der Waals surface area contributed by atoms with Gasteiger partial charge in [-0.15, -0.1) is 5.10 Å². The van der Waals surface area contributed by atoms with E-state index in [2.05, 4.69) is 41.3 Å². The Labute approximate surface area is 139 Å². The molecule has 2 aliphatic rings. The molecule has 1 saturated carbocycles. The number of aromatic amines is 1. The maximum Gasteiger partial charge on any atom is 0.182 e. The average Bonchev–Trinajstić information content (AvgIpc) is 3.16. The first-order chi connectivity index (χ1) is 11.9. The molecule has 0 bridgehead atoms. The number of rotatable bonds is 4. The summed E-state index contributed by atoms with van der Waals surface area (Å²) in [5, 5.41) is 8.64. The predicted molar refractivity (Wildman–Crippen MR) is 88.6 cm³/mol. The van der Waals surface area contributed by atoms with E-state index in [1.165, 1.54) is 19.3 Å². The second kappa shape index (κ2) is 5.54. The van der Waals surface area contributed by atoms with Crippen molar-refractivity contribution in [3.63, 3.8) is 0 Å². The second-order valence-corrected chi connectivity index (χ2v) is 6.89. The van der Waals surface area contributed by atoms with Gasteiger partial charge in [0.05, 0.1) is 12.0 Å². The number of fused-ring (bicyclic) bond motifs is 1. The summed E-state index contributed by atoms with van der Waals surface area (Å²) >= 11 is 0. The van der Waals surface area contributed by atoms with Crippen molar-refractivity contribution in [1.82, 2.24) is 34.9 Å². The van der Waals surface area contributed by atoms with Crippen LogP contribution < -0.4 is 4.90 Å². The lowest BCUT2D eigenvalue weighted by Gasteiger charge is -2.33. The van der Waals surface area contributed by atoms with Crippen molar-refractivity contribution in [2.75, 3.05) is 18.0 Å². The van der Waals surface area contributed by atoms with Gasteiger partial charge in [-0.1, -0.05) is 5.21 Å². The van der Waals surface area contributed by atoms with Crippen LogP contribution in [0, 0.1) is 5.92 Å². The van der Waals surface area contributed by atoms with Crippen molar-refractivity contribution in [2.45, 2.75) is 38.1 Å². The zero-order chi connectivity index (χ0) is 15.9. The van der Waals surface area contributed by atoms with Gasteiger partial charge in [-0.25, -0.2) is 15.0 Å². The summed E-state index contributed by atoms with van der Waals surface area (Å²) in [6.45, 7) is 2.92. The molecule has 0 unspecified atom stereocenters. The molecule has 0 radical (unpaired) electrons. The van der Waals surface area contributed by atoms with Gasteiger partial charge >= 0.3 is 0 Å². The van der Waals surface area contributed by atoms with Gasteiger partial charge in [0.1, 0.15) is 11.8 Å². The van der Waals surface area contributed by atoms with Crippen molar-refractivity contribution in [3.8, 4) is 0 Å². The van der Waals surface area contributed by atoms with Crippen LogP contribution in [0.15, 0.2) is 18.9 Å². The number of aromatic nitrogens is 7. The number of hydrogen-bond donors (Lipinski definition) is 1. The van der Waals surface area contributed by atoms with Crippen LogP contribution in [0.1, 0.15) is 37.3 Å². The molecule has 1 N–H and O–H groups in total. The van der Waals surface area contributed by atoms with E-state index < -0.39 is 0 Å². The fraction of sp³-hybridized carbons (Fsp3) is 0.562. The summed E-state index contributed by atoms with van der Waals surface area (Å²) in [6.07, 6.45) is 10.3. The van der Waals surface area contributed by atoms with Gasteiger partial charge in [-0.05, 0) is 31.6 Å². The molecule has 1 saturated heterocycles. The molecule has 1 atom stereocenters. The lowest BCUT2D eigenvalue weighted by molar-refractivity contribution is 0.347. The zero-order valence-electron chi connectivity index (χ0n) is 13.5. The molecule has 8 nitrogen and oxygen atoms in total. The number of anilines is 1. The maximum absolute atomic E-state index is 4.49. The first-order valence-corrected chi connectivity index (χ1v) is 8.66.